The van der Waals surface area contributed by atoms with Crippen molar-refractivity contribution in [2.24, 2.45) is 4.99 Å². The molecule has 0 spiro atoms. The average molecular weight is 687 g/mol. The maximum absolute atomic E-state index is 14.4. The van der Waals surface area contributed by atoms with E-state index in [9.17, 15) is 9.59 Å². The van der Waals surface area contributed by atoms with Crippen LogP contribution in [-0.2, 0) is 16.1 Å². The van der Waals surface area contributed by atoms with E-state index in [0.29, 0.717) is 49.3 Å². The fraction of sp³-hybridized carbons (Fsp3) is 0.125. The van der Waals surface area contributed by atoms with Gasteiger partial charge in [0.05, 0.1) is 35.6 Å². The molecule has 244 valence electrons. The summed E-state index contributed by atoms with van der Waals surface area (Å²) in [5, 5.41) is 2.74. The number of benzene rings is 5. The lowest BCUT2D eigenvalue weighted by atomic mass is 9.93. The van der Waals surface area contributed by atoms with Crippen molar-refractivity contribution in [3.8, 4) is 11.5 Å². The van der Waals surface area contributed by atoms with Gasteiger partial charge in [-0.3, -0.25) is 9.36 Å². The molecule has 0 amide bonds. The van der Waals surface area contributed by atoms with Crippen LogP contribution in [-0.4, -0.2) is 24.3 Å². The topological polar surface area (TPSA) is 79.1 Å². The molecule has 1 aromatic heterocycles. The summed E-state index contributed by atoms with van der Waals surface area (Å²) >= 11 is 7.71. The Morgan fingerprint density at radius 1 is 0.939 bits per heavy atom. The minimum atomic E-state index is -0.806. The molecule has 1 aliphatic heterocycles. The van der Waals surface area contributed by atoms with E-state index in [1.807, 2.05) is 84.9 Å². The van der Waals surface area contributed by atoms with E-state index in [0.717, 1.165) is 21.9 Å². The second-order valence-corrected chi connectivity index (χ2v) is 12.8. The van der Waals surface area contributed by atoms with E-state index in [1.54, 1.807) is 36.8 Å². The van der Waals surface area contributed by atoms with E-state index in [-0.39, 0.29) is 17.7 Å². The van der Waals surface area contributed by atoms with Crippen LogP contribution in [0.5, 0.6) is 11.5 Å². The third-order valence-electron chi connectivity index (χ3n) is 8.33. The van der Waals surface area contributed by atoms with E-state index in [2.05, 4.69) is 18.2 Å². The van der Waals surface area contributed by atoms with Crippen molar-refractivity contribution < 1.29 is 19.0 Å². The van der Waals surface area contributed by atoms with Crippen LogP contribution in [0.25, 0.3) is 22.5 Å². The maximum Gasteiger partial charge on any atom is 0.338 e. The minimum absolute atomic E-state index is 0.167. The zero-order valence-corrected chi connectivity index (χ0v) is 28.3. The number of ether oxygens (including phenoxy) is 3. The van der Waals surface area contributed by atoms with Crippen LogP contribution >= 0.6 is 22.9 Å². The number of hydrogen-bond acceptors (Lipinski definition) is 7. The quantitative estimate of drug-likeness (QED) is 0.149. The Labute approximate surface area is 291 Å². The van der Waals surface area contributed by atoms with Crippen molar-refractivity contribution in [3.05, 3.63) is 168 Å². The van der Waals surface area contributed by atoms with Gasteiger partial charge in [-0.15, -0.1) is 0 Å². The first-order valence-corrected chi connectivity index (χ1v) is 17.0. The number of methoxy groups -OCH3 is 1. The van der Waals surface area contributed by atoms with Crippen LogP contribution < -0.4 is 24.4 Å². The molecule has 0 saturated carbocycles. The molecule has 0 unspecified atom stereocenters. The maximum atomic E-state index is 14.4. The number of aromatic nitrogens is 1. The first kappa shape index (κ1) is 32.1. The van der Waals surface area contributed by atoms with Gasteiger partial charge in [0.15, 0.2) is 4.80 Å². The second-order valence-electron chi connectivity index (χ2n) is 11.3. The van der Waals surface area contributed by atoms with Gasteiger partial charge < -0.3 is 14.2 Å². The highest BCUT2D eigenvalue weighted by Crippen LogP contribution is 2.36. The van der Waals surface area contributed by atoms with Crippen LogP contribution in [0.3, 0.4) is 0 Å². The summed E-state index contributed by atoms with van der Waals surface area (Å²) < 4.78 is 19.3. The van der Waals surface area contributed by atoms with Gasteiger partial charge in [-0.05, 0) is 65.2 Å². The van der Waals surface area contributed by atoms with Gasteiger partial charge in [0, 0.05) is 16.1 Å². The predicted octanol–water partition coefficient (Wildman–Crippen LogP) is 7.33. The number of nitrogens with zero attached hydrogens (tertiary/aromatic N) is 2. The lowest BCUT2D eigenvalue weighted by Crippen LogP contribution is -2.40. The first-order chi connectivity index (χ1) is 23.9. The van der Waals surface area contributed by atoms with E-state index >= 15 is 0 Å². The number of hydrogen-bond donors (Lipinski definition) is 0. The van der Waals surface area contributed by atoms with Crippen LogP contribution in [0.2, 0.25) is 5.02 Å². The molecule has 1 aliphatic rings. The molecular formula is C40H31ClN2O5S. The minimum Gasteiger partial charge on any atom is -0.497 e. The highest BCUT2D eigenvalue weighted by Gasteiger charge is 2.35. The Morgan fingerprint density at radius 3 is 2.47 bits per heavy atom. The van der Waals surface area contributed by atoms with Crippen molar-refractivity contribution in [2.75, 3.05) is 13.7 Å². The molecule has 0 aliphatic carbocycles. The number of rotatable bonds is 9. The monoisotopic (exact) mass is 686 g/mol. The van der Waals surface area contributed by atoms with Crippen LogP contribution in [0.1, 0.15) is 35.2 Å². The van der Waals surface area contributed by atoms with E-state index < -0.39 is 12.0 Å². The standard InChI is InChI=1S/C40H31ClN2O5S/c1-3-47-39(45)35-36(26-11-5-4-6-12-26)42-40-43(37(35)27-16-19-31(46-2)20-17-27)38(44)34(49-40)23-29-22-30(41)18-21-33(29)48-24-28-14-9-13-25-10-7-8-15-32(25)28/h4-23,37H,3,24H2,1-2H3/b34-23-/t37-/m0/s1. The molecule has 49 heavy (non-hydrogen) atoms. The van der Waals surface area contributed by atoms with Crippen molar-refractivity contribution in [2.45, 2.75) is 19.6 Å². The van der Waals surface area contributed by atoms with Crippen molar-refractivity contribution in [1.29, 1.82) is 0 Å². The van der Waals surface area contributed by atoms with Crippen molar-refractivity contribution >= 4 is 51.5 Å². The Balaban J connectivity index is 1.38. The molecule has 0 saturated heterocycles. The summed E-state index contributed by atoms with van der Waals surface area (Å²) in [6.45, 7) is 2.25. The lowest BCUT2D eigenvalue weighted by Gasteiger charge is -2.26. The van der Waals surface area contributed by atoms with Gasteiger partial charge in [-0.25, -0.2) is 9.79 Å². The largest absolute Gasteiger partial charge is 0.497 e. The van der Waals surface area contributed by atoms with Gasteiger partial charge >= 0.3 is 5.97 Å². The summed E-state index contributed by atoms with van der Waals surface area (Å²) in [6.07, 6.45) is 1.77. The van der Waals surface area contributed by atoms with Crippen molar-refractivity contribution in [1.82, 2.24) is 4.57 Å². The van der Waals surface area contributed by atoms with E-state index in [4.69, 9.17) is 30.8 Å². The van der Waals surface area contributed by atoms with Gasteiger partial charge in [0.2, 0.25) is 0 Å². The van der Waals surface area contributed by atoms with Gasteiger partial charge in [0.1, 0.15) is 18.1 Å². The smallest absolute Gasteiger partial charge is 0.338 e. The Bertz CT molecular complexity index is 2390. The molecule has 0 bridgehead atoms. The first-order valence-electron chi connectivity index (χ1n) is 15.8. The van der Waals surface area contributed by atoms with Gasteiger partial charge in [-0.1, -0.05) is 108 Å². The molecule has 1 atom stereocenters. The van der Waals surface area contributed by atoms with Gasteiger partial charge in [0.25, 0.3) is 5.56 Å². The number of esters is 1. The fourth-order valence-electron chi connectivity index (χ4n) is 6.02. The van der Waals surface area contributed by atoms with Crippen LogP contribution in [0.4, 0.5) is 0 Å². The third-order valence-corrected chi connectivity index (χ3v) is 9.54. The highest BCUT2D eigenvalue weighted by molar-refractivity contribution is 7.07. The van der Waals surface area contributed by atoms with Crippen LogP contribution in [0.15, 0.2) is 131 Å². The summed E-state index contributed by atoms with van der Waals surface area (Å²) in [4.78, 5) is 33.6. The molecule has 0 N–H and O–H groups in total. The number of carbonyl (C=O) groups excluding carboxylic acids is 1. The number of carbonyl (C=O) groups is 1. The van der Waals surface area contributed by atoms with E-state index in [1.165, 1.54) is 11.3 Å². The average Bonchev–Trinajstić information content (AvgIpc) is 3.44. The van der Waals surface area contributed by atoms with Crippen LogP contribution in [0, 0.1) is 0 Å². The predicted molar refractivity (Wildman–Crippen MR) is 194 cm³/mol. The molecule has 6 aromatic rings. The zero-order chi connectivity index (χ0) is 33.9. The third kappa shape index (κ3) is 6.40. The number of halogens is 1. The molecule has 5 aromatic carbocycles. The molecule has 7 nitrogen and oxygen atoms in total. The Kier molecular flexibility index (Phi) is 9.15. The molecule has 7 rings (SSSR count). The summed E-state index contributed by atoms with van der Waals surface area (Å²) in [5.74, 6) is 0.685. The fourth-order valence-corrected chi connectivity index (χ4v) is 7.19. The second kappa shape index (κ2) is 14.0. The summed E-state index contributed by atoms with van der Waals surface area (Å²) in [6, 6.07) is 35.6. The molecule has 2 heterocycles. The molecular weight excluding hydrogens is 656 g/mol. The summed E-state index contributed by atoms with van der Waals surface area (Å²) in [5.41, 5.74) is 3.55. The summed E-state index contributed by atoms with van der Waals surface area (Å²) in [7, 11) is 1.59. The number of fused-ring (bicyclic) bond motifs is 2. The molecule has 0 radical (unpaired) electrons. The Morgan fingerprint density at radius 2 is 1.69 bits per heavy atom. The zero-order valence-electron chi connectivity index (χ0n) is 26.8. The lowest BCUT2D eigenvalue weighted by molar-refractivity contribution is -0.138. The highest BCUT2D eigenvalue weighted by atomic mass is 35.5. The number of thiazole rings is 1. The van der Waals surface area contributed by atoms with Crippen molar-refractivity contribution in [3.63, 3.8) is 0 Å². The Hall–Kier alpha value is -5.44. The van der Waals surface area contributed by atoms with Gasteiger partial charge in [-0.2, -0.15) is 0 Å². The SMILES string of the molecule is CCOC(=O)C1=C(c2ccccc2)N=c2s/c(=C\c3cc(Cl)ccc3OCc3cccc4ccccc34)c(=O)n2[C@H]1c1ccc(OC)cc1. The normalized spacial score (nSPS) is 14.3. The molecule has 0 fully saturated rings. The molecule has 9 heteroatoms.